The number of piperazine rings is 1. The molecular weight excluding hydrogens is 471 g/mol. The van der Waals surface area contributed by atoms with Gasteiger partial charge in [-0.15, -0.1) is 0 Å². The normalized spacial score (nSPS) is 24.1. The fourth-order valence-corrected chi connectivity index (χ4v) is 5.79. The SMILES string of the molecule is Cc1ccccc1CN(CC1CCCO1)C1CC(C(=O)N2CCNCC2)N(C(=O)c2ccc(F)cc2)C1. The van der Waals surface area contributed by atoms with Gasteiger partial charge in [-0.25, -0.2) is 4.39 Å². The van der Waals surface area contributed by atoms with E-state index in [1.165, 1.54) is 35.4 Å². The van der Waals surface area contributed by atoms with Crippen molar-refractivity contribution < 1.29 is 18.7 Å². The molecule has 3 unspecified atom stereocenters. The zero-order valence-electron chi connectivity index (χ0n) is 21.6. The van der Waals surface area contributed by atoms with E-state index in [0.717, 1.165) is 45.6 Å². The number of hydrogen-bond acceptors (Lipinski definition) is 5. The molecule has 2 aromatic rings. The lowest BCUT2D eigenvalue weighted by molar-refractivity contribution is -0.135. The molecule has 1 N–H and O–H groups in total. The first kappa shape index (κ1) is 25.8. The molecule has 198 valence electrons. The van der Waals surface area contributed by atoms with Crippen LogP contribution in [0.25, 0.3) is 0 Å². The van der Waals surface area contributed by atoms with Gasteiger partial charge in [0.05, 0.1) is 6.10 Å². The number of amides is 2. The highest BCUT2D eigenvalue weighted by Gasteiger charge is 2.44. The van der Waals surface area contributed by atoms with Crippen molar-refractivity contribution in [3.8, 4) is 0 Å². The van der Waals surface area contributed by atoms with Crippen molar-refractivity contribution in [2.75, 3.05) is 45.9 Å². The van der Waals surface area contributed by atoms with Crippen LogP contribution in [0.4, 0.5) is 4.39 Å². The molecule has 2 aromatic carbocycles. The molecule has 7 nitrogen and oxygen atoms in total. The Balaban J connectivity index is 1.42. The van der Waals surface area contributed by atoms with Crippen LogP contribution in [-0.2, 0) is 16.1 Å². The average molecular weight is 509 g/mol. The van der Waals surface area contributed by atoms with Gasteiger partial charge in [0.2, 0.25) is 5.91 Å². The number of ether oxygens (including phenoxy) is 1. The van der Waals surface area contributed by atoms with Crippen LogP contribution in [0, 0.1) is 12.7 Å². The molecule has 3 aliphatic rings. The quantitative estimate of drug-likeness (QED) is 0.623. The zero-order chi connectivity index (χ0) is 25.8. The highest BCUT2D eigenvalue weighted by molar-refractivity contribution is 5.98. The number of nitrogens with one attached hydrogen (secondary N) is 1. The fraction of sp³-hybridized carbons (Fsp3) is 0.517. The van der Waals surface area contributed by atoms with E-state index in [9.17, 15) is 14.0 Å². The highest BCUT2D eigenvalue weighted by atomic mass is 19.1. The number of benzene rings is 2. The number of hydrogen-bond donors (Lipinski definition) is 1. The molecule has 0 spiro atoms. The molecule has 3 fully saturated rings. The molecule has 3 heterocycles. The Bertz CT molecular complexity index is 1080. The summed E-state index contributed by atoms with van der Waals surface area (Å²) in [6.07, 6.45) is 2.83. The average Bonchev–Trinajstić information content (AvgIpc) is 3.60. The maximum absolute atomic E-state index is 13.7. The summed E-state index contributed by atoms with van der Waals surface area (Å²) in [5.74, 6) is -0.596. The summed E-state index contributed by atoms with van der Waals surface area (Å²) in [4.78, 5) is 33.4. The number of carbonyl (C=O) groups is 2. The van der Waals surface area contributed by atoms with Crippen LogP contribution >= 0.6 is 0 Å². The fourth-order valence-electron chi connectivity index (χ4n) is 5.79. The standard InChI is InChI=1S/C29H37FN4O3/c1-21-5-2-3-6-23(21)18-33(20-26-7-4-16-37-26)25-17-27(29(36)32-14-12-31-13-15-32)34(19-25)28(35)22-8-10-24(30)11-9-22/h2-3,5-6,8-11,25-27,31H,4,7,12-20H2,1H3. The van der Waals surface area contributed by atoms with Gasteiger partial charge in [-0.3, -0.25) is 14.5 Å². The first-order valence-electron chi connectivity index (χ1n) is 13.5. The summed E-state index contributed by atoms with van der Waals surface area (Å²) < 4.78 is 19.6. The predicted octanol–water partition coefficient (Wildman–Crippen LogP) is 2.83. The monoisotopic (exact) mass is 508 g/mol. The summed E-state index contributed by atoms with van der Waals surface area (Å²) in [5.41, 5.74) is 2.88. The second-order valence-electron chi connectivity index (χ2n) is 10.4. The number of halogens is 1. The molecule has 0 aromatic heterocycles. The molecule has 3 saturated heterocycles. The van der Waals surface area contributed by atoms with Gasteiger partial charge >= 0.3 is 0 Å². The van der Waals surface area contributed by atoms with Crippen LogP contribution in [0.1, 0.15) is 40.7 Å². The molecular formula is C29H37FN4O3. The van der Waals surface area contributed by atoms with Gasteiger partial charge in [-0.05, 0) is 61.6 Å². The lowest BCUT2D eigenvalue weighted by atomic mass is 10.0. The molecule has 0 saturated carbocycles. The molecule has 3 aliphatic heterocycles. The van der Waals surface area contributed by atoms with Crippen molar-refractivity contribution in [2.45, 2.75) is 50.9 Å². The van der Waals surface area contributed by atoms with E-state index in [4.69, 9.17) is 4.74 Å². The molecule has 3 atom stereocenters. The third kappa shape index (κ3) is 6.03. The van der Waals surface area contributed by atoms with Gasteiger partial charge in [0.15, 0.2) is 0 Å². The van der Waals surface area contributed by atoms with Crippen molar-refractivity contribution in [3.63, 3.8) is 0 Å². The summed E-state index contributed by atoms with van der Waals surface area (Å²) in [6, 6.07) is 13.5. The van der Waals surface area contributed by atoms with E-state index >= 15 is 0 Å². The van der Waals surface area contributed by atoms with E-state index in [1.54, 1.807) is 4.90 Å². The van der Waals surface area contributed by atoms with Crippen molar-refractivity contribution >= 4 is 11.8 Å². The topological polar surface area (TPSA) is 65.1 Å². The first-order valence-corrected chi connectivity index (χ1v) is 13.5. The Hall–Kier alpha value is -2.81. The van der Waals surface area contributed by atoms with E-state index < -0.39 is 6.04 Å². The Morgan fingerprint density at radius 1 is 1.11 bits per heavy atom. The van der Waals surface area contributed by atoms with Gasteiger partial charge in [0.25, 0.3) is 5.91 Å². The van der Waals surface area contributed by atoms with Crippen LogP contribution in [0.15, 0.2) is 48.5 Å². The van der Waals surface area contributed by atoms with Gasteiger partial charge in [0, 0.05) is 64.0 Å². The summed E-state index contributed by atoms with van der Waals surface area (Å²) >= 11 is 0. The number of likely N-dealkylation sites (tertiary alicyclic amines) is 1. The van der Waals surface area contributed by atoms with Crippen LogP contribution in [-0.4, -0.2) is 90.6 Å². The smallest absolute Gasteiger partial charge is 0.254 e. The number of aryl methyl sites for hydroxylation is 1. The Kier molecular flexibility index (Phi) is 8.17. The number of rotatable bonds is 7. The highest BCUT2D eigenvalue weighted by Crippen LogP contribution is 2.29. The van der Waals surface area contributed by atoms with Crippen LogP contribution in [0.2, 0.25) is 0 Å². The van der Waals surface area contributed by atoms with E-state index in [2.05, 4.69) is 35.3 Å². The zero-order valence-corrected chi connectivity index (χ0v) is 21.6. The summed E-state index contributed by atoms with van der Waals surface area (Å²) in [7, 11) is 0. The van der Waals surface area contributed by atoms with Gasteiger partial charge in [-0.2, -0.15) is 0 Å². The second kappa shape index (κ2) is 11.7. The van der Waals surface area contributed by atoms with Gasteiger partial charge < -0.3 is 19.9 Å². The van der Waals surface area contributed by atoms with E-state index in [-0.39, 0.29) is 29.8 Å². The van der Waals surface area contributed by atoms with E-state index in [1.807, 2.05) is 11.0 Å². The largest absolute Gasteiger partial charge is 0.377 e. The Morgan fingerprint density at radius 2 is 1.86 bits per heavy atom. The lowest BCUT2D eigenvalue weighted by Crippen LogP contribution is -2.53. The van der Waals surface area contributed by atoms with Crippen molar-refractivity contribution in [1.29, 1.82) is 0 Å². The maximum Gasteiger partial charge on any atom is 0.254 e. The predicted molar refractivity (Wildman–Crippen MR) is 140 cm³/mol. The minimum Gasteiger partial charge on any atom is -0.377 e. The number of nitrogens with zero attached hydrogens (tertiary/aromatic N) is 3. The molecule has 8 heteroatoms. The first-order chi connectivity index (χ1) is 18.0. The van der Waals surface area contributed by atoms with Crippen LogP contribution in [0.5, 0.6) is 0 Å². The number of carbonyl (C=O) groups excluding carboxylic acids is 2. The lowest BCUT2D eigenvalue weighted by Gasteiger charge is -2.32. The van der Waals surface area contributed by atoms with E-state index in [0.29, 0.717) is 31.6 Å². The Labute approximate surface area is 218 Å². The van der Waals surface area contributed by atoms with Crippen molar-refractivity contribution in [2.24, 2.45) is 0 Å². The van der Waals surface area contributed by atoms with Crippen molar-refractivity contribution in [3.05, 3.63) is 71.0 Å². The van der Waals surface area contributed by atoms with Gasteiger partial charge in [-0.1, -0.05) is 24.3 Å². The molecule has 0 aliphatic carbocycles. The van der Waals surface area contributed by atoms with Gasteiger partial charge in [0.1, 0.15) is 11.9 Å². The summed E-state index contributed by atoms with van der Waals surface area (Å²) in [6.45, 7) is 7.66. The Morgan fingerprint density at radius 3 is 2.57 bits per heavy atom. The third-order valence-electron chi connectivity index (χ3n) is 7.96. The maximum atomic E-state index is 13.7. The van der Waals surface area contributed by atoms with Crippen LogP contribution in [0.3, 0.4) is 0 Å². The molecule has 2 amide bonds. The van der Waals surface area contributed by atoms with Crippen LogP contribution < -0.4 is 5.32 Å². The third-order valence-corrected chi connectivity index (χ3v) is 7.96. The minimum atomic E-state index is -0.537. The minimum absolute atomic E-state index is 0.00687. The second-order valence-corrected chi connectivity index (χ2v) is 10.4. The molecule has 37 heavy (non-hydrogen) atoms. The summed E-state index contributed by atoms with van der Waals surface area (Å²) in [5, 5.41) is 3.29. The van der Waals surface area contributed by atoms with Crippen molar-refractivity contribution in [1.82, 2.24) is 20.0 Å². The molecule has 0 bridgehead atoms. The molecule has 5 rings (SSSR count). The molecule has 0 radical (unpaired) electrons.